The molecule has 0 radical (unpaired) electrons. The molecule has 2 atom stereocenters. The lowest BCUT2D eigenvalue weighted by atomic mass is 9.89. The maximum Gasteiger partial charge on any atom is 0.118 e. The Morgan fingerprint density at radius 1 is 0.862 bits per heavy atom. The first-order chi connectivity index (χ1) is 14.2. The van der Waals surface area contributed by atoms with Crippen LogP contribution in [-0.2, 0) is 19.5 Å². The molecule has 2 aliphatic heterocycles. The molecule has 0 bridgehead atoms. The Bertz CT molecular complexity index is 978. The molecule has 1 aromatic heterocycles. The fourth-order valence-corrected chi connectivity index (χ4v) is 4.83. The highest BCUT2D eigenvalue weighted by Gasteiger charge is 2.37. The zero-order valence-electron chi connectivity index (χ0n) is 17.0. The van der Waals surface area contributed by atoms with E-state index in [2.05, 4.69) is 45.9 Å². The first-order valence-electron chi connectivity index (χ1n) is 10.3. The van der Waals surface area contributed by atoms with Gasteiger partial charge in [0.2, 0.25) is 0 Å². The second-order valence-electron chi connectivity index (χ2n) is 8.17. The molecule has 3 heterocycles. The minimum atomic E-state index is 0.687. The van der Waals surface area contributed by atoms with Gasteiger partial charge in [-0.15, -0.1) is 0 Å². The number of hydrogen-bond acceptors (Lipinski definition) is 4. The molecule has 0 N–H and O–H groups in total. The summed E-state index contributed by atoms with van der Waals surface area (Å²) in [7, 11) is 3.41. The lowest BCUT2D eigenvalue weighted by Crippen LogP contribution is -2.28. The molecule has 150 valence electrons. The van der Waals surface area contributed by atoms with Crippen molar-refractivity contribution in [2.24, 2.45) is 11.8 Å². The molecular weight excluding hydrogens is 362 g/mol. The van der Waals surface area contributed by atoms with Crippen LogP contribution in [0.25, 0.3) is 11.3 Å². The molecule has 1 saturated heterocycles. The van der Waals surface area contributed by atoms with Crippen molar-refractivity contribution in [3.05, 3.63) is 66.1 Å². The highest BCUT2D eigenvalue weighted by molar-refractivity contribution is 5.60. The van der Waals surface area contributed by atoms with Crippen LogP contribution in [0.1, 0.15) is 11.4 Å². The van der Waals surface area contributed by atoms with E-state index in [4.69, 9.17) is 14.5 Å². The van der Waals surface area contributed by atoms with Crippen molar-refractivity contribution >= 4 is 0 Å². The quantitative estimate of drug-likeness (QED) is 0.664. The summed E-state index contributed by atoms with van der Waals surface area (Å²) in [5, 5.41) is 0. The molecule has 5 heteroatoms. The number of hydrogen-bond donors (Lipinski definition) is 0. The number of benzene rings is 2. The Balaban J connectivity index is 1.29. The normalized spacial score (nSPS) is 20.9. The van der Waals surface area contributed by atoms with Crippen LogP contribution in [0.5, 0.6) is 11.5 Å². The van der Waals surface area contributed by atoms with Gasteiger partial charge in [0.05, 0.1) is 26.1 Å². The molecule has 0 unspecified atom stereocenters. The van der Waals surface area contributed by atoms with Gasteiger partial charge in [0.1, 0.15) is 17.3 Å². The van der Waals surface area contributed by atoms with Gasteiger partial charge in [-0.3, -0.25) is 4.90 Å². The van der Waals surface area contributed by atoms with Crippen LogP contribution in [0.15, 0.2) is 54.7 Å². The molecule has 3 aromatic rings. The molecule has 0 saturated carbocycles. The van der Waals surface area contributed by atoms with Crippen molar-refractivity contribution in [2.75, 3.05) is 27.3 Å². The number of aromatic nitrogens is 2. The molecule has 0 amide bonds. The van der Waals surface area contributed by atoms with Gasteiger partial charge in [-0.1, -0.05) is 12.1 Å². The zero-order chi connectivity index (χ0) is 19.8. The van der Waals surface area contributed by atoms with E-state index in [1.165, 1.54) is 22.6 Å². The maximum atomic E-state index is 5.29. The summed E-state index contributed by atoms with van der Waals surface area (Å²) in [4.78, 5) is 7.36. The highest BCUT2D eigenvalue weighted by Crippen LogP contribution is 2.36. The van der Waals surface area contributed by atoms with Crippen molar-refractivity contribution < 1.29 is 9.47 Å². The number of ether oxygens (including phenoxy) is 2. The minimum absolute atomic E-state index is 0.687. The summed E-state index contributed by atoms with van der Waals surface area (Å²) in [6.45, 7) is 4.36. The van der Waals surface area contributed by atoms with E-state index in [0.29, 0.717) is 11.8 Å². The number of imidazole rings is 1. The van der Waals surface area contributed by atoms with E-state index in [0.717, 1.165) is 44.1 Å². The largest absolute Gasteiger partial charge is 0.497 e. The molecular formula is C24H27N3O2. The third-order valence-corrected chi connectivity index (χ3v) is 6.40. The molecule has 29 heavy (non-hydrogen) atoms. The Hall–Kier alpha value is -2.79. The van der Waals surface area contributed by atoms with Gasteiger partial charge in [0.15, 0.2) is 0 Å². The van der Waals surface area contributed by atoms with E-state index >= 15 is 0 Å². The lowest BCUT2D eigenvalue weighted by molar-refractivity contribution is 0.307. The van der Waals surface area contributed by atoms with Crippen molar-refractivity contribution in [3.8, 4) is 22.8 Å². The predicted octanol–water partition coefficient (Wildman–Crippen LogP) is 3.87. The predicted molar refractivity (Wildman–Crippen MR) is 113 cm³/mol. The van der Waals surface area contributed by atoms with E-state index in [1.807, 2.05) is 18.3 Å². The van der Waals surface area contributed by atoms with Crippen LogP contribution in [0, 0.1) is 11.8 Å². The summed E-state index contributed by atoms with van der Waals surface area (Å²) in [6, 6.07) is 16.7. The SMILES string of the molecule is COc1ccc(CN2C[C@@H]3Cn4c(-c5ccc(OC)cc5)cnc4C[C@H]3C2)cc1. The smallest absolute Gasteiger partial charge is 0.118 e. The second kappa shape index (κ2) is 7.56. The van der Waals surface area contributed by atoms with Crippen LogP contribution in [0.3, 0.4) is 0 Å². The summed E-state index contributed by atoms with van der Waals surface area (Å²) in [6.07, 6.45) is 3.10. The Kier molecular flexibility index (Phi) is 4.76. The van der Waals surface area contributed by atoms with Crippen LogP contribution in [-0.4, -0.2) is 41.8 Å². The van der Waals surface area contributed by atoms with Crippen LogP contribution in [0.4, 0.5) is 0 Å². The van der Waals surface area contributed by atoms with E-state index in [1.54, 1.807) is 14.2 Å². The molecule has 2 aliphatic rings. The van der Waals surface area contributed by atoms with Crippen molar-refractivity contribution in [2.45, 2.75) is 19.5 Å². The van der Waals surface area contributed by atoms with Gasteiger partial charge in [0, 0.05) is 38.2 Å². The summed E-state index contributed by atoms with van der Waals surface area (Å²) in [5.74, 6) is 4.42. The molecule has 0 aliphatic carbocycles. The second-order valence-corrected chi connectivity index (χ2v) is 8.17. The third kappa shape index (κ3) is 3.51. The van der Waals surface area contributed by atoms with Gasteiger partial charge in [0.25, 0.3) is 0 Å². The van der Waals surface area contributed by atoms with E-state index < -0.39 is 0 Å². The third-order valence-electron chi connectivity index (χ3n) is 6.40. The van der Waals surface area contributed by atoms with Crippen LogP contribution in [0.2, 0.25) is 0 Å². The molecule has 5 rings (SSSR count). The van der Waals surface area contributed by atoms with Crippen molar-refractivity contribution in [3.63, 3.8) is 0 Å². The Morgan fingerprint density at radius 3 is 2.21 bits per heavy atom. The first kappa shape index (κ1) is 18.3. The van der Waals surface area contributed by atoms with Gasteiger partial charge in [-0.05, 0) is 53.8 Å². The van der Waals surface area contributed by atoms with Crippen molar-refractivity contribution in [1.29, 1.82) is 0 Å². The van der Waals surface area contributed by atoms with E-state index in [-0.39, 0.29) is 0 Å². The molecule has 0 spiro atoms. The summed E-state index contributed by atoms with van der Waals surface area (Å²) in [5.41, 5.74) is 3.77. The highest BCUT2D eigenvalue weighted by atomic mass is 16.5. The monoisotopic (exact) mass is 389 g/mol. The van der Waals surface area contributed by atoms with Gasteiger partial charge in [-0.25, -0.2) is 4.98 Å². The zero-order valence-corrected chi connectivity index (χ0v) is 17.0. The maximum absolute atomic E-state index is 5.29. The number of fused-ring (bicyclic) bond motifs is 2. The van der Waals surface area contributed by atoms with Crippen molar-refractivity contribution in [1.82, 2.24) is 14.5 Å². The molecule has 5 nitrogen and oxygen atoms in total. The average Bonchev–Trinajstić information content (AvgIpc) is 3.35. The molecule has 2 aromatic carbocycles. The summed E-state index contributed by atoms with van der Waals surface area (Å²) < 4.78 is 13.0. The fourth-order valence-electron chi connectivity index (χ4n) is 4.83. The van der Waals surface area contributed by atoms with Gasteiger partial charge in [-0.2, -0.15) is 0 Å². The topological polar surface area (TPSA) is 39.5 Å². The molecule has 1 fully saturated rings. The number of nitrogens with zero attached hydrogens (tertiary/aromatic N) is 3. The van der Waals surface area contributed by atoms with Gasteiger partial charge >= 0.3 is 0 Å². The Morgan fingerprint density at radius 2 is 1.52 bits per heavy atom. The lowest BCUT2D eigenvalue weighted by Gasteiger charge is -2.27. The number of rotatable bonds is 5. The number of likely N-dealkylation sites (tertiary alicyclic amines) is 1. The van der Waals surface area contributed by atoms with Crippen LogP contribution >= 0.6 is 0 Å². The van der Waals surface area contributed by atoms with Crippen LogP contribution < -0.4 is 9.47 Å². The standard InChI is InChI=1S/C24H27N3O2/c1-28-21-7-3-17(4-8-21)13-26-14-19-11-24-25-12-23(27(24)16-20(19)15-26)18-5-9-22(29-2)10-6-18/h3-10,12,19-20H,11,13-16H2,1-2H3/t19-,20+/m0/s1. The minimum Gasteiger partial charge on any atom is -0.497 e. The Labute approximate surface area is 171 Å². The van der Waals surface area contributed by atoms with E-state index in [9.17, 15) is 0 Å². The summed E-state index contributed by atoms with van der Waals surface area (Å²) >= 11 is 0. The van der Waals surface area contributed by atoms with Gasteiger partial charge < -0.3 is 14.0 Å². The first-order valence-corrected chi connectivity index (χ1v) is 10.3. The fraction of sp³-hybridized carbons (Fsp3) is 0.375. The number of methoxy groups -OCH3 is 2. The average molecular weight is 389 g/mol.